The van der Waals surface area contributed by atoms with E-state index in [0.717, 1.165) is 22.9 Å². The van der Waals surface area contributed by atoms with Gasteiger partial charge in [0.05, 0.1) is 47.6 Å². The topological polar surface area (TPSA) is 130 Å². The summed E-state index contributed by atoms with van der Waals surface area (Å²) >= 11 is 6.77. The first-order valence-electron chi connectivity index (χ1n) is 15.1. The van der Waals surface area contributed by atoms with Gasteiger partial charge in [0.1, 0.15) is 24.5 Å². The molecule has 0 saturated carbocycles. The summed E-state index contributed by atoms with van der Waals surface area (Å²) in [7, 11) is -2.01. The Morgan fingerprint density at radius 2 is 1.89 bits per heavy atom. The highest BCUT2D eigenvalue weighted by Gasteiger charge is 2.33. The van der Waals surface area contributed by atoms with E-state index in [4.69, 9.17) is 40.5 Å². The third-order valence-corrected chi connectivity index (χ3v) is 10.1. The number of halogens is 1. The second-order valence-corrected chi connectivity index (χ2v) is 21.5. The maximum absolute atomic E-state index is 12.0. The molecule has 11 nitrogen and oxygen atoms in total. The molecule has 4 heterocycles. The number of rotatable bonds is 13. The Morgan fingerprint density at radius 3 is 2.54 bits per heavy atom. The van der Waals surface area contributed by atoms with E-state index in [1.54, 1.807) is 38.0 Å². The number of imidazole rings is 1. The van der Waals surface area contributed by atoms with Crippen LogP contribution in [0.4, 0.5) is 5.69 Å². The predicted octanol–water partition coefficient (Wildman–Crippen LogP) is 6.03. The Morgan fingerprint density at radius 1 is 1.15 bits per heavy atom. The smallest absolute Gasteiger partial charge is 0.300 e. The highest BCUT2D eigenvalue weighted by atomic mass is 35.5. The molecule has 1 fully saturated rings. The van der Waals surface area contributed by atoms with Crippen molar-refractivity contribution in [2.24, 2.45) is 4.36 Å². The minimum absolute atomic E-state index is 0.188. The first-order chi connectivity index (χ1) is 21.8. The van der Waals surface area contributed by atoms with Gasteiger partial charge in [0.15, 0.2) is 5.65 Å². The number of aliphatic hydroxyl groups excluding tert-OH is 1. The number of hydrogen-bond donors (Lipinski definition) is 1. The molecule has 0 aliphatic carbocycles. The molecule has 14 heteroatoms. The van der Waals surface area contributed by atoms with Gasteiger partial charge >= 0.3 is 6.01 Å². The first kappa shape index (κ1) is 34.4. The maximum atomic E-state index is 12.0. The van der Waals surface area contributed by atoms with Crippen LogP contribution in [0.1, 0.15) is 6.42 Å². The van der Waals surface area contributed by atoms with Gasteiger partial charge in [-0.1, -0.05) is 55.5 Å². The van der Waals surface area contributed by atoms with Crippen LogP contribution in [0.2, 0.25) is 30.7 Å². The van der Waals surface area contributed by atoms with Gasteiger partial charge in [-0.2, -0.15) is 9.35 Å². The fourth-order valence-electron chi connectivity index (χ4n) is 5.01. The van der Waals surface area contributed by atoms with Crippen molar-refractivity contribution < 1.29 is 28.3 Å². The minimum atomic E-state index is -2.26. The molecule has 0 bridgehead atoms. The van der Waals surface area contributed by atoms with Crippen LogP contribution in [0.25, 0.3) is 33.7 Å². The zero-order valence-electron chi connectivity index (χ0n) is 27.1. The predicted molar refractivity (Wildman–Crippen MR) is 184 cm³/mol. The molecule has 0 amide bonds. The molecular formula is C32H42ClN5O6SSi. The van der Waals surface area contributed by atoms with Crippen molar-refractivity contribution in [1.29, 1.82) is 0 Å². The Bertz CT molecular complexity index is 1760. The van der Waals surface area contributed by atoms with Gasteiger partial charge in [-0.05, 0) is 24.2 Å². The third-order valence-electron chi connectivity index (χ3n) is 7.41. The number of methoxy groups -OCH3 is 1. The summed E-state index contributed by atoms with van der Waals surface area (Å²) in [6, 6.07) is 14.6. The Balaban J connectivity index is 1.41. The van der Waals surface area contributed by atoms with Crippen LogP contribution in [0.15, 0.2) is 53.0 Å². The van der Waals surface area contributed by atoms with E-state index in [-0.39, 0.29) is 25.5 Å². The maximum Gasteiger partial charge on any atom is 0.300 e. The van der Waals surface area contributed by atoms with Crippen LogP contribution in [0, 0.1) is 0 Å². The molecule has 1 aliphatic rings. The van der Waals surface area contributed by atoms with Crippen LogP contribution in [-0.2, 0) is 30.7 Å². The van der Waals surface area contributed by atoms with E-state index in [1.165, 1.54) is 0 Å². The molecule has 5 rings (SSSR count). The lowest BCUT2D eigenvalue weighted by Gasteiger charge is -2.17. The number of benzene rings is 1. The molecule has 0 unspecified atom stereocenters. The Hall–Kier alpha value is -2.91. The van der Waals surface area contributed by atoms with E-state index in [0.29, 0.717) is 53.2 Å². The highest BCUT2D eigenvalue weighted by Crippen LogP contribution is 2.33. The van der Waals surface area contributed by atoms with Gasteiger partial charge in [-0.15, -0.1) is 0 Å². The quantitative estimate of drug-likeness (QED) is 0.132. The number of fused-ring (bicyclic) bond motifs is 1. The molecule has 0 radical (unpaired) electrons. The van der Waals surface area contributed by atoms with Gasteiger partial charge in [-0.25, -0.2) is 9.19 Å². The number of nitrogens with zero attached hydrogens (tertiary/aromatic N) is 5. The van der Waals surface area contributed by atoms with Crippen molar-refractivity contribution >= 4 is 46.3 Å². The first-order valence-corrected chi connectivity index (χ1v) is 21.5. The molecule has 4 aromatic rings. The summed E-state index contributed by atoms with van der Waals surface area (Å²) in [6.45, 7) is 8.27. The molecular weight excluding hydrogens is 646 g/mol. The fraction of sp³-hybridized carbons (Fsp3) is 0.469. The molecule has 3 aromatic heterocycles. The van der Waals surface area contributed by atoms with Gasteiger partial charge in [-0.3, -0.25) is 9.55 Å². The highest BCUT2D eigenvalue weighted by molar-refractivity contribution is 7.92. The summed E-state index contributed by atoms with van der Waals surface area (Å²) in [5.74, 6) is 0. The van der Waals surface area contributed by atoms with Gasteiger partial charge in [0.2, 0.25) is 0 Å². The van der Waals surface area contributed by atoms with Crippen LogP contribution >= 0.6 is 11.6 Å². The van der Waals surface area contributed by atoms with Crippen molar-refractivity contribution in [1.82, 2.24) is 19.5 Å². The molecule has 3 atom stereocenters. The monoisotopic (exact) mass is 687 g/mol. The SMILES string of the molecule is COC[C@@H](O)[C@@H]1C[C@H](Oc2nc3cc(Cl)c(-c4ccc(-c5ccc(N=S(C)(C)=O)cn5)cc4)nc3n2COCC[Si](C)(C)C)CO1. The molecule has 1 saturated heterocycles. The van der Waals surface area contributed by atoms with Crippen LogP contribution in [0.3, 0.4) is 0 Å². The summed E-state index contributed by atoms with van der Waals surface area (Å²) in [6.07, 6.45) is 3.88. The number of aliphatic hydroxyl groups is 1. The van der Waals surface area contributed by atoms with Crippen LogP contribution in [0.5, 0.6) is 6.01 Å². The van der Waals surface area contributed by atoms with Crippen LogP contribution < -0.4 is 4.74 Å². The second kappa shape index (κ2) is 14.5. The fourth-order valence-corrected chi connectivity index (χ4v) is 6.64. The van der Waals surface area contributed by atoms with E-state index < -0.39 is 23.9 Å². The number of pyridine rings is 2. The number of aromatic nitrogens is 4. The van der Waals surface area contributed by atoms with E-state index in [2.05, 4.69) is 29.0 Å². The van der Waals surface area contributed by atoms with E-state index >= 15 is 0 Å². The van der Waals surface area contributed by atoms with Gasteiger partial charge in [0, 0.05) is 61.6 Å². The Labute approximate surface area is 276 Å². The Kier molecular flexibility index (Phi) is 10.8. The lowest BCUT2D eigenvalue weighted by Crippen LogP contribution is -2.30. The standard InChI is InChI=1S/C32H42ClN5O6SSi/c1-41-19-28(39)29-15-24(18-43-29)44-32-35-27-16-25(33)30(36-31(27)38(32)20-42-13-14-46(4,5)6)22-9-7-21(8-10-22)26-12-11-23(17-34-26)37-45(2,3)40/h7-12,16-17,24,28-29,39H,13-15,18-20H2,1-6H3/t24-,28+,29-/m0/s1. The zero-order valence-corrected chi connectivity index (χ0v) is 29.7. The molecule has 46 heavy (non-hydrogen) atoms. The lowest BCUT2D eigenvalue weighted by molar-refractivity contribution is -0.0386. The van der Waals surface area contributed by atoms with E-state index in [9.17, 15) is 9.32 Å². The van der Waals surface area contributed by atoms with Crippen molar-refractivity contribution in [2.45, 2.75) is 57.1 Å². The van der Waals surface area contributed by atoms with Crippen LogP contribution in [-0.4, -0.2) is 94.7 Å². The van der Waals surface area contributed by atoms with Crippen molar-refractivity contribution in [3.63, 3.8) is 0 Å². The normalized spacial score (nSPS) is 17.8. The van der Waals surface area contributed by atoms with E-state index in [1.807, 2.05) is 34.9 Å². The summed E-state index contributed by atoms with van der Waals surface area (Å²) in [4.78, 5) is 14.2. The number of hydrogen-bond acceptors (Lipinski definition) is 10. The molecule has 1 aliphatic heterocycles. The molecule has 0 spiro atoms. The van der Waals surface area contributed by atoms with Gasteiger partial charge in [0.25, 0.3) is 0 Å². The minimum Gasteiger partial charge on any atom is -0.459 e. The second-order valence-electron chi connectivity index (χ2n) is 13.0. The summed E-state index contributed by atoms with van der Waals surface area (Å²) in [5, 5.41) is 10.8. The van der Waals surface area contributed by atoms with Crippen molar-refractivity contribution in [2.75, 3.05) is 39.4 Å². The molecule has 1 N–H and O–H groups in total. The third kappa shape index (κ3) is 8.91. The average molecular weight is 688 g/mol. The molecule has 1 aromatic carbocycles. The largest absolute Gasteiger partial charge is 0.459 e. The van der Waals surface area contributed by atoms with Crippen molar-refractivity contribution in [3.8, 4) is 28.5 Å². The lowest BCUT2D eigenvalue weighted by atomic mass is 10.1. The van der Waals surface area contributed by atoms with Gasteiger partial charge < -0.3 is 24.1 Å². The average Bonchev–Trinajstić information content (AvgIpc) is 3.58. The number of ether oxygens (including phenoxy) is 4. The summed E-state index contributed by atoms with van der Waals surface area (Å²) in [5.41, 5.74) is 4.85. The van der Waals surface area contributed by atoms with Crippen molar-refractivity contribution in [3.05, 3.63) is 53.7 Å². The summed E-state index contributed by atoms with van der Waals surface area (Å²) < 4.78 is 41.3. The zero-order chi connectivity index (χ0) is 33.1. The molecule has 248 valence electrons.